The monoisotopic (exact) mass is 152 g/mol. The maximum Gasteiger partial charge on any atom is 0.115 e. The molecule has 1 unspecified atom stereocenters. The average Bonchev–Trinajstić information content (AvgIpc) is 2.05. The highest BCUT2D eigenvalue weighted by atomic mass is 16.3. The fraction of sp³-hybridized carbons (Fsp3) is 0.333. The lowest BCUT2D eigenvalue weighted by Crippen LogP contribution is -1.93. The summed E-state index contributed by atoms with van der Waals surface area (Å²) in [4.78, 5) is 0. The Morgan fingerprint density at radius 3 is 2.27 bits per heavy atom. The molecule has 1 rings (SSSR count). The third-order valence-corrected chi connectivity index (χ3v) is 1.66. The van der Waals surface area contributed by atoms with Crippen molar-refractivity contribution >= 4 is 0 Å². The van der Waals surface area contributed by atoms with Gasteiger partial charge in [0.25, 0.3) is 0 Å². The van der Waals surface area contributed by atoms with Gasteiger partial charge in [-0.05, 0) is 24.1 Å². The van der Waals surface area contributed by atoms with Crippen LogP contribution in [0.5, 0.6) is 5.75 Å². The van der Waals surface area contributed by atoms with Gasteiger partial charge in [-0.15, -0.1) is 0 Å². The standard InChI is InChI=1S/C9H12O2/c1-2-9(11)7-3-5-8(10)6-4-7/h3-6,9-11H,2H2,1H3. The van der Waals surface area contributed by atoms with E-state index in [0.717, 1.165) is 5.56 Å². The van der Waals surface area contributed by atoms with Gasteiger partial charge in [-0.25, -0.2) is 0 Å². The highest BCUT2D eigenvalue weighted by Crippen LogP contribution is 2.18. The molecule has 2 nitrogen and oxygen atoms in total. The lowest BCUT2D eigenvalue weighted by Gasteiger charge is -2.06. The molecular weight excluding hydrogens is 140 g/mol. The second kappa shape index (κ2) is 3.39. The van der Waals surface area contributed by atoms with Gasteiger partial charge in [0, 0.05) is 0 Å². The Balaban J connectivity index is 2.81. The predicted octanol–water partition coefficient (Wildman–Crippen LogP) is 1.84. The van der Waals surface area contributed by atoms with E-state index in [2.05, 4.69) is 0 Å². The molecule has 11 heavy (non-hydrogen) atoms. The van der Waals surface area contributed by atoms with Gasteiger partial charge in [0.05, 0.1) is 6.10 Å². The second-order valence-corrected chi connectivity index (χ2v) is 2.52. The molecule has 60 valence electrons. The summed E-state index contributed by atoms with van der Waals surface area (Å²) in [7, 11) is 0. The SMILES string of the molecule is CCC(O)c1ccc(O)cc1. The number of phenols is 1. The van der Waals surface area contributed by atoms with E-state index in [1.54, 1.807) is 24.3 Å². The molecule has 2 heteroatoms. The van der Waals surface area contributed by atoms with E-state index in [1.807, 2.05) is 6.92 Å². The van der Waals surface area contributed by atoms with Crippen molar-refractivity contribution in [2.75, 3.05) is 0 Å². The highest BCUT2D eigenvalue weighted by molar-refractivity contribution is 5.27. The summed E-state index contributed by atoms with van der Waals surface area (Å²) in [6, 6.07) is 6.61. The molecule has 0 fully saturated rings. The van der Waals surface area contributed by atoms with Gasteiger partial charge in [-0.2, -0.15) is 0 Å². The van der Waals surface area contributed by atoms with Crippen LogP contribution in [0.2, 0.25) is 0 Å². The Morgan fingerprint density at radius 1 is 1.27 bits per heavy atom. The van der Waals surface area contributed by atoms with Crippen LogP contribution in [0.3, 0.4) is 0 Å². The van der Waals surface area contributed by atoms with Crippen molar-refractivity contribution in [2.45, 2.75) is 19.4 Å². The second-order valence-electron chi connectivity index (χ2n) is 2.52. The van der Waals surface area contributed by atoms with Crippen LogP contribution in [0, 0.1) is 0 Å². The van der Waals surface area contributed by atoms with Gasteiger partial charge in [0.15, 0.2) is 0 Å². The first-order chi connectivity index (χ1) is 5.24. The van der Waals surface area contributed by atoms with Crippen molar-refractivity contribution in [3.05, 3.63) is 29.8 Å². The summed E-state index contributed by atoms with van der Waals surface area (Å²) < 4.78 is 0. The Hall–Kier alpha value is -1.02. The molecule has 0 radical (unpaired) electrons. The summed E-state index contributed by atoms with van der Waals surface area (Å²) >= 11 is 0. The molecule has 0 aliphatic carbocycles. The number of benzene rings is 1. The minimum atomic E-state index is -0.407. The molecule has 0 amide bonds. The summed E-state index contributed by atoms with van der Waals surface area (Å²) in [6.45, 7) is 1.91. The maximum absolute atomic E-state index is 9.34. The van der Waals surface area contributed by atoms with E-state index in [9.17, 15) is 5.11 Å². The quantitative estimate of drug-likeness (QED) is 0.678. The highest BCUT2D eigenvalue weighted by Gasteiger charge is 2.02. The van der Waals surface area contributed by atoms with E-state index in [-0.39, 0.29) is 5.75 Å². The molecule has 0 heterocycles. The van der Waals surface area contributed by atoms with E-state index < -0.39 is 6.10 Å². The van der Waals surface area contributed by atoms with Gasteiger partial charge >= 0.3 is 0 Å². The van der Waals surface area contributed by atoms with Crippen LogP contribution in [-0.4, -0.2) is 10.2 Å². The summed E-state index contributed by atoms with van der Waals surface area (Å²) in [5.74, 6) is 0.233. The molecule has 1 aromatic rings. The van der Waals surface area contributed by atoms with Crippen LogP contribution in [0.1, 0.15) is 25.0 Å². The summed E-state index contributed by atoms with van der Waals surface area (Å²) in [5.41, 5.74) is 0.852. The zero-order valence-corrected chi connectivity index (χ0v) is 6.49. The fourth-order valence-corrected chi connectivity index (χ4v) is 0.932. The maximum atomic E-state index is 9.34. The number of hydrogen-bond acceptors (Lipinski definition) is 2. The third-order valence-electron chi connectivity index (χ3n) is 1.66. The van der Waals surface area contributed by atoms with E-state index in [1.165, 1.54) is 0 Å². The molecule has 0 aliphatic rings. The fourth-order valence-electron chi connectivity index (χ4n) is 0.932. The average molecular weight is 152 g/mol. The topological polar surface area (TPSA) is 40.5 Å². The van der Waals surface area contributed by atoms with Crippen LogP contribution >= 0.6 is 0 Å². The predicted molar refractivity (Wildman–Crippen MR) is 43.4 cm³/mol. The van der Waals surface area contributed by atoms with Crippen LogP contribution in [-0.2, 0) is 0 Å². The van der Waals surface area contributed by atoms with Crippen molar-refractivity contribution in [1.29, 1.82) is 0 Å². The number of aliphatic hydroxyl groups is 1. The number of aromatic hydroxyl groups is 1. The Morgan fingerprint density at radius 2 is 1.82 bits per heavy atom. The van der Waals surface area contributed by atoms with Crippen LogP contribution < -0.4 is 0 Å². The summed E-state index contributed by atoms with van der Waals surface area (Å²) in [5, 5.41) is 18.3. The zero-order chi connectivity index (χ0) is 8.27. The molecule has 0 aromatic heterocycles. The molecule has 0 spiro atoms. The number of hydrogen-bond donors (Lipinski definition) is 2. The van der Waals surface area contributed by atoms with Crippen molar-refractivity contribution in [3.63, 3.8) is 0 Å². The molecule has 0 aliphatic heterocycles. The lowest BCUT2D eigenvalue weighted by molar-refractivity contribution is 0.173. The van der Waals surface area contributed by atoms with E-state index in [4.69, 9.17) is 5.11 Å². The molecular formula is C9H12O2. The normalized spacial score (nSPS) is 12.9. The smallest absolute Gasteiger partial charge is 0.115 e. The van der Waals surface area contributed by atoms with E-state index >= 15 is 0 Å². The molecule has 0 bridgehead atoms. The molecule has 0 saturated carbocycles. The van der Waals surface area contributed by atoms with Gasteiger partial charge in [0.1, 0.15) is 5.75 Å². The van der Waals surface area contributed by atoms with Crippen LogP contribution in [0.25, 0.3) is 0 Å². The van der Waals surface area contributed by atoms with Crippen molar-refractivity contribution in [1.82, 2.24) is 0 Å². The van der Waals surface area contributed by atoms with Crippen LogP contribution in [0.4, 0.5) is 0 Å². The third kappa shape index (κ3) is 1.95. The first kappa shape index (κ1) is 8.08. The molecule has 1 atom stereocenters. The molecule has 1 aromatic carbocycles. The Labute approximate surface area is 66.1 Å². The van der Waals surface area contributed by atoms with Gasteiger partial charge in [-0.1, -0.05) is 19.1 Å². The largest absolute Gasteiger partial charge is 0.508 e. The number of rotatable bonds is 2. The van der Waals surface area contributed by atoms with E-state index in [0.29, 0.717) is 6.42 Å². The summed E-state index contributed by atoms with van der Waals surface area (Å²) in [6.07, 6.45) is 0.292. The van der Waals surface area contributed by atoms with Crippen molar-refractivity contribution in [3.8, 4) is 5.75 Å². The molecule has 0 saturated heterocycles. The van der Waals surface area contributed by atoms with Gasteiger partial charge in [0.2, 0.25) is 0 Å². The first-order valence-electron chi connectivity index (χ1n) is 3.71. The van der Waals surface area contributed by atoms with Crippen LogP contribution in [0.15, 0.2) is 24.3 Å². The Kier molecular flexibility index (Phi) is 2.49. The minimum absolute atomic E-state index is 0.233. The van der Waals surface area contributed by atoms with Gasteiger partial charge in [-0.3, -0.25) is 0 Å². The lowest BCUT2D eigenvalue weighted by atomic mass is 10.1. The number of aliphatic hydroxyl groups excluding tert-OH is 1. The zero-order valence-electron chi connectivity index (χ0n) is 6.49. The number of phenolic OH excluding ortho intramolecular Hbond substituents is 1. The van der Waals surface area contributed by atoms with Gasteiger partial charge < -0.3 is 10.2 Å². The first-order valence-corrected chi connectivity index (χ1v) is 3.71. The van der Waals surface area contributed by atoms with Crippen molar-refractivity contribution < 1.29 is 10.2 Å². The van der Waals surface area contributed by atoms with Crippen molar-refractivity contribution in [2.24, 2.45) is 0 Å². The molecule has 2 N–H and O–H groups in total. The minimum Gasteiger partial charge on any atom is -0.508 e. The Bertz CT molecular complexity index is 216.